The predicted molar refractivity (Wildman–Crippen MR) is 160 cm³/mol. The van der Waals surface area contributed by atoms with E-state index >= 15 is 0 Å². The number of halogens is 4. The second-order valence-electron chi connectivity index (χ2n) is 12.9. The number of benzene rings is 2. The Bertz CT molecular complexity index is 1220. The van der Waals surface area contributed by atoms with E-state index in [1.165, 1.54) is 82.1 Å². The van der Waals surface area contributed by atoms with E-state index in [0.717, 1.165) is 37.0 Å². The van der Waals surface area contributed by atoms with Gasteiger partial charge < -0.3 is 9.47 Å². The maximum Gasteiger partial charge on any atom is 0.201 e. The van der Waals surface area contributed by atoms with E-state index in [2.05, 4.69) is 19.1 Å². The zero-order chi connectivity index (χ0) is 29.6. The molecule has 0 saturated heterocycles. The van der Waals surface area contributed by atoms with Crippen LogP contribution >= 0.6 is 0 Å². The molecule has 2 aromatic carbocycles. The normalized spacial score (nSPS) is 28.0. The van der Waals surface area contributed by atoms with E-state index in [4.69, 9.17) is 9.47 Å². The molecule has 2 nitrogen and oxygen atoms in total. The molecule has 0 bridgehead atoms. The highest BCUT2D eigenvalue weighted by molar-refractivity contribution is 5.67. The SMILES string of the molecule is CCCC1CCC(C=CC2CCC3CC(COc4ccc(-c5ccc(OCC)c(F)c5F)c(F)c4F)CCC3C2)CC1. The van der Waals surface area contributed by atoms with E-state index < -0.39 is 23.3 Å². The van der Waals surface area contributed by atoms with Crippen molar-refractivity contribution in [1.29, 1.82) is 0 Å². The van der Waals surface area contributed by atoms with Crippen LogP contribution in [0, 0.1) is 58.8 Å². The predicted octanol–water partition coefficient (Wildman–Crippen LogP) is 10.7. The Morgan fingerprint density at radius 2 is 1.17 bits per heavy atom. The topological polar surface area (TPSA) is 18.5 Å². The summed E-state index contributed by atoms with van der Waals surface area (Å²) in [5.74, 6) is -1.27. The second-order valence-corrected chi connectivity index (χ2v) is 12.9. The number of hydrogen-bond donors (Lipinski definition) is 0. The molecule has 4 atom stereocenters. The molecule has 3 aliphatic carbocycles. The number of hydrogen-bond acceptors (Lipinski definition) is 2. The molecule has 230 valence electrons. The van der Waals surface area contributed by atoms with Gasteiger partial charge in [-0.05, 0) is 131 Å². The summed E-state index contributed by atoms with van der Waals surface area (Å²) < 4.78 is 69.7. The van der Waals surface area contributed by atoms with Gasteiger partial charge in [0.25, 0.3) is 0 Å². The molecular weight excluding hydrogens is 540 g/mol. The number of rotatable bonds is 10. The van der Waals surface area contributed by atoms with Crippen molar-refractivity contribution >= 4 is 0 Å². The fourth-order valence-corrected chi connectivity index (χ4v) is 7.81. The Morgan fingerprint density at radius 1 is 0.619 bits per heavy atom. The smallest absolute Gasteiger partial charge is 0.201 e. The molecule has 0 heterocycles. The van der Waals surface area contributed by atoms with Crippen molar-refractivity contribution in [3.63, 3.8) is 0 Å². The summed E-state index contributed by atoms with van der Waals surface area (Å²) in [6.45, 7) is 4.43. The summed E-state index contributed by atoms with van der Waals surface area (Å²) in [4.78, 5) is 0. The Balaban J connectivity index is 1.11. The molecule has 6 heteroatoms. The highest BCUT2D eigenvalue weighted by atomic mass is 19.2. The van der Waals surface area contributed by atoms with Crippen LogP contribution in [0.15, 0.2) is 36.4 Å². The van der Waals surface area contributed by atoms with Gasteiger partial charge in [-0.3, -0.25) is 0 Å². The third-order valence-electron chi connectivity index (χ3n) is 10.2. The molecule has 3 fully saturated rings. The molecule has 2 aromatic rings. The minimum atomic E-state index is -1.27. The van der Waals surface area contributed by atoms with Crippen LogP contribution < -0.4 is 9.47 Å². The zero-order valence-corrected chi connectivity index (χ0v) is 25.2. The summed E-state index contributed by atoms with van der Waals surface area (Å²) in [7, 11) is 0. The molecule has 0 aromatic heterocycles. The molecule has 3 aliphatic rings. The van der Waals surface area contributed by atoms with Crippen molar-refractivity contribution in [2.75, 3.05) is 13.2 Å². The monoisotopic (exact) mass is 586 g/mol. The summed E-state index contributed by atoms with van der Waals surface area (Å²) in [5, 5.41) is 0. The van der Waals surface area contributed by atoms with E-state index in [1.54, 1.807) is 6.92 Å². The van der Waals surface area contributed by atoms with Crippen molar-refractivity contribution in [2.24, 2.45) is 35.5 Å². The summed E-state index contributed by atoms with van der Waals surface area (Å²) in [6.07, 6.45) is 20.2. The maximum absolute atomic E-state index is 15.0. The third kappa shape index (κ3) is 7.17. The molecular formula is C36H46F4O2. The van der Waals surface area contributed by atoms with Crippen molar-refractivity contribution in [1.82, 2.24) is 0 Å². The van der Waals surface area contributed by atoms with Crippen molar-refractivity contribution in [2.45, 2.75) is 90.9 Å². The molecule has 5 rings (SSSR count). The average molecular weight is 587 g/mol. The Hall–Kier alpha value is -2.50. The number of fused-ring (bicyclic) bond motifs is 1. The third-order valence-corrected chi connectivity index (χ3v) is 10.2. The lowest BCUT2D eigenvalue weighted by molar-refractivity contribution is 0.0852. The summed E-state index contributed by atoms with van der Waals surface area (Å²) in [5.41, 5.74) is -0.711. The van der Waals surface area contributed by atoms with Crippen LogP contribution in [-0.2, 0) is 0 Å². The average Bonchev–Trinajstić information content (AvgIpc) is 3.00. The first kappa shape index (κ1) is 30.9. The second kappa shape index (κ2) is 14.3. The van der Waals surface area contributed by atoms with Crippen LogP contribution in [-0.4, -0.2) is 13.2 Å². The summed E-state index contributed by atoms with van der Waals surface area (Å²) in [6, 6.07) is 4.97. The van der Waals surface area contributed by atoms with Gasteiger partial charge in [0.1, 0.15) is 0 Å². The Labute approximate surface area is 248 Å². The Kier molecular flexibility index (Phi) is 10.5. The van der Waals surface area contributed by atoms with E-state index in [-0.39, 0.29) is 29.2 Å². The van der Waals surface area contributed by atoms with Crippen molar-refractivity contribution in [3.05, 3.63) is 59.7 Å². The molecule has 4 unspecified atom stereocenters. The van der Waals surface area contributed by atoms with Crippen LogP contribution in [0.3, 0.4) is 0 Å². The van der Waals surface area contributed by atoms with E-state index in [9.17, 15) is 17.6 Å². The van der Waals surface area contributed by atoms with Crippen LogP contribution in [0.4, 0.5) is 17.6 Å². The highest BCUT2D eigenvalue weighted by Gasteiger charge is 2.35. The lowest BCUT2D eigenvalue weighted by Gasteiger charge is -2.41. The number of allylic oxidation sites excluding steroid dienone is 2. The molecule has 0 aliphatic heterocycles. The van der Waals surface area contributed by atoms with E-state index in [0.29, 0.717) is 24.4 Å². The Morgan fingerprint density at radius 3 is 1.81 bits per heavy atom. The molecule has 0 radical (unpaired) electrons. The van der Waals surface area contributed by atoms with Crippen LogP contribution in [0.1, 0.15) is 90.9 Å². The van der Waals surface area contributed by atoms with Gasteiger partial charge >= 0.3 is 0 Å². The molecule has 0 spiro atoms. The van der Waals surface area contributed by atoms with Crippen molar-refractivity contribution in [3.8, 4) is 22.6 Å². The standard InChI is InChI=1S/C36H46F4O2/c1-3-5-23-6-8-24(9-7-23)10-11-25-12-14-28-21-26(13-15-27(28)20-25)22-42-32-19-17-30(34(38)36(32)40)29-16-18-31(41-4-2)35(39)33(29)37/h10-11,16-19,23-28H,3-9,12-15,20-22H2,1-2H3. The lowest BCUT2D eigenvalue weighted by Crippen LogP contribution is -2.32. The van der Waals surface area contributed by atoms with Crippen LogP contribution in [0.5, 0.6) is 11.5 Å². The molecule has 0 N–H and O–H groups in total. The van der Waals surface area contributed by atoms with Gasteiger partial charge in [-0.25, -0.2) is 8.78 Å². The van der Waals surface area contributed by atoms with Gasteiger partial charge in [-0.1, -0.05) is 31.9 Å². The van der Waals surface area contributed by atoms with Crippen LogP contribution in [0.25, 0.3) is 11.1 Å². The first-order chi connectivity index (χ1) is 20.4. The first-order valence-corrected chi connectivity index (χ1v) is 16.3. The maximum atomic E-state index is 15.0. The largest absolute Gasteiger partial charge is 0.491 e. The molecule has 0 amide bonds. The first-order valence-electron chi connectivity index (χ1n) is 16.3. The van der Waals surface area contributed by atoms with Crippen molar-refractivity contribution < 1.29 is 27.0 Å². The fraction of sp³-hybridized carbons (Fsp3) is 0.611. The molecule has 42 heavy (non-hydrogen) atoms. The minimum Gasteiger partial charge on any atom is -0.491 e. The van der Waals surface area contributed by atoms with Gasteiger partial charge in [-0.2, -0.15) is 8.78 Å². The van der Waals surface area contributed by atoms with E-state index in [1.807, 2.05) is 0 Å². The van der Waals surface area contributed by atoms with Gasteiger partial charge in [-0.15, -0.1) is 0 Å². The van der Waals surface area contributed by atoms with Gasteiger partial charge in [0, 0.05) is 11.1 Å². The van der Waals surface area contributed by atoms with Crippen LogP contribution in [0.2, 0.25) is 0 Å². The molecule has 3 saturated carbocycles. The van der Waals surface area contributed by atoms with Gasteiger partial charge in [0.2, 0.25) is 11.6 Å². The number of ether oxygens (including phenoxy) is 2. The zero-order valence-electron chi connectivity index (χ0n) is 25.2. The lowest BCUT2D eigenvalue weighted by atomic mass is 9.65. The fourth-order valence-electron chi connectivity index (χ4n) is 7.81. The quantitative estimate of drug-likeness (QED) is 0.204. The minimum absolute atomic E-state index is 0.158. The highest BCUT2D eigenvalue weighted by Crippen LogP contribution is 2.46. The van der Waals surface area contributed by atoms with Gasteiger partial charge in [0.15, 0.2) is 23.1 Å². The summed E-state index contributed by atoms with van der Waals surface area (Å²) >= 11 is 0. The van der Waals surface area contributed by atoms with Gasteiger partial charge in [0.05, 0.1) is 13.2 Å².